The molecule has 2 nitrogen and oxygen atoms in total. The van der Waals surface area contributed by atoms with Crippen molar-refractivity contribution in [3.8, 4) is 0 Å². The Morgan fingerprint density at radius 1 is 0.812 bits per heavy atom. The number of hydrogen-bond acceptors (Lipinski definition) is 2. The molecule has 1 unspecified atom stereocenters. The standard InChI is InChI=1S/C30H46O2/c1-28(2)26-15-13-23-24(30(26,4)19-17-27(28)32)12-11-22-21(16-18-29(22,23)3)25(31)14-10-20-8-6-5-7-9-20/h5-9,21-27,31-32H,10-19H2,1-4H3/t21-,22+,23+,24-,25?,26-,27-,29+,30+/m0/s1. The third kappa shape index (κ3) is 3.42. The first-order valence-electron chi connectivity index (χ1n) is 13.6. The van der Waals surface area contributed by atoms with Gasteiger partial charge < -0.3 is 10.2 Å². The molecule has 32 heavy (non-hydrogen) atoms. The maximum atomic E-state index is 11.3. The normalized spacial score (nSPS) is 46.1. The predicted molar refractivity (Wildman–Crippen MR) is 131 cm³/mol. The largest absolute Gasteiger partial charge is 0.393 e. The number of aliphatic hydroxyl groups excluding tert-OH is 2. The third-order valence-electron chi connectivity index (χ3n) is 11.7. The van der Waals surface area contributed by atoms with Gasteiger partial charge in [0.25, 0.3) is 0 Å². The highest BCUT2D eigenvalue weighted by Crippen LogP contribution is 2.70. The second-order valence-corrected chi connectivity index (χ2v) is 13.2. The summed E-state index contributed by atoms with van der Waals surface area (Å²) in [4.78, 5) is 0. The Labute approximate surface area is 196 Å². The Kier molecular flexibility index (Phi) is 5.81. The highest BCUT2D eigenvalue weighted by atomic mass is 16.3. The van der Waals surface area contributed by atoms with Crippen molar-refractivity contribution >= 4 is 0 Å². The Balaban J connectivity index is 1.32. The van der Waals surface area contributed by atoms with Gasteiger partial charge >= 0.3 is 0 Å². The van der Waals surface area contributed by atoms with Gasteiger partial charge in [0, 0.05) is 0 Å². The van der Waals surface area contributed by atoms with Gasteiger partial charge in [0.1, 0.15) is 0 Å². The van der Waals surface area contributed by atoms with Crippen LogP contribution < -0.4 is 0 Å². The van der Waals surface area contributed by atoms with Gasteiger partial charge in [-0.3, -0.25) is 0 Å². The SMILES string of the molecule is CC1(C)[C@@H](O)CC[C@]2(C)[C@H]3CC[C@@H]4[C@@H](C(O)CCc5ccccc5)CC[C@@]4(C)[C@@H]3CC[C@@H]12. The van der Waals surface area contributed by atoms with Crippen LogP contribution in [0.4, 0.5) is 0 Å². The lowest BCUT2D eigenvalue weighted by Crippen LogP contribution is -2.60. The number of fused-ring (bicyclic) bond motifs is 5. The zero-order valence-corrected chi connectivity index (χ0v) is 20.9. The highest BCUT2D eigenvalue weighted by Gasteiger charge is 2.64. The first kappa shape index (κ1) is 22.9. The maximum Gasteiger partial charge on any atom is 0.0594 e. The van der Waals surface area contributed by atoms with Crippen LogP contribution in [0.3, 0.4) is 0 Å². The molecule has 0 aromatic heterocycles. The summed E-state index contributed by atoms with van der Waals surface area (Å²) >= 11 is 0. The van der Waals surface area contributed by atoms with E-state index < -0.39 is 0 Å². The first-order chi connectivity index (χ1) is 15.2. The Bertz CT molecular complexity index is 802. The molecule has 2 N–H and O–H groups in total. The quantitative estimate of drug-likeness (QED) is 0.553. The van der Waals surface area contributed by atoms with E-state index in [0.717, 1.165) is 31.1 Å². The predicted octanol–water partition coefficient (Wildman–Crippen LogP) is 6.64. The minimum absolute atomic E-state index is 0.0432. The zero-order chi connectivity index (χ0) is 22.7. The molecule has 0 bridgehead atoms. The monoisotopic (exact) mass is 438 g/mol. The van der Waals surface area contributed by atoms with Gasteiger partial charge in [-0.1, -0.05) is 58.0 Å². The van der Waals surface area contributed by atoms with E-state index >= 15 is 0 Å². The van der Waals surface area contributed by atoms with Gasteiger partial charge in [0.15, 0.2) is 0 Å². The Morgan fingerprint density at radius 3 is 2.19 bits per heavy atom. The number of aryl methyl sites for hydroxylation is 1. The minimum atomic E-state index is -0.158. The molecule has 0 saturated heterocycles. The molecule has 0 radical (unpaired) electrons. The van der Waals surface area contributed by atoms with Crippen LogP contribution in [0.1, 0.15) is 91.0 Å². The fourth-order valence-electron chi connectivity index (χ4n) is 9.90. The van der Waals surface area contributed by atoms with Crippen molar-refractivity contribution in [3.63, 3.8) is 0 Å². The molecule has 4 aliphatic carbocycles. The second-order valence-electron chi connectivity index (χ2n) is 13.2. The molecule has 178 valence electrons. The number of rotatable bonds is 4. The lowest BCUT2D eigenvalue weighted by atomic mass is 9.40. The molecule has 9 atom stereocenters. The van der Waals surface area contributed by atoms with Gasteiger partial charge in [-0.25, -0.2) is 0 Å². The summed E-state index contributed by atoms with van der Waals surface area (Å²) in [5.74, 6) is 3.43. The van der Waals surface area contributed by atoms with Crippen LogP contribution >= 0.6 is 0 Å². The minimum Gasteiger partial charge on any atom is -0.393 e. The number of aliphatic hydroxyl groups is 2. The lowest BCUT2D eigenvalue weighted by Gasteiger charge is -2.65. The first-order valence-corrected chi connectivity index (χ1v) is 13.6. The van der Waals surface area contributed by atoms with Gasteiger partial charge in [-0.2, -0.15) is 0 Å². The van der Waals surface area contributed by atoms with Gasteiger partial charge in [0.2, 0.25) is 0 Å². The molecule has 0 spiro atoms. The van der Waals surface area contributed by atoms with Crippen molar-refractivity contribution < 1.29 is 10.2 Å². The van der Waals surface area contributed by atoms with Crippen LogP contribution in [-0.2, 0) is 6.42 Å². The van der Waals surface area contributed by atoms with Crippen LogP contribution in [0.2, 0.25) is 0 Å². The summed E-state index contributed by atoms with van der Waals surface area (Å²) in [7, 11) is 0. The summed E-state index contributed by atoms with van der Waals surface area (Å²) in [6.45, 7) is 9.86. The topological polar surface area (TPSA) is 40.5 Å². The Morgan fingerprint density at radius 2 is 1.44 bits per heavy atom. The smallest absolute Gasteiger partial charge is 0.0594 e. The van der Waals surface area contributed by atoms with E-state index in [-0.39, 0.29) is 17.6 Å². The lowest BCUT2D eigenvalue weighted by molar-refractivity contribution is -0.185. The molecular weight excluding hydrogens is 392 g/mol. The summed E-state index contributed by atoms with van der Waals surface area (Å²) in [5, 5.41) is 22.1. The van der Waals surface area contributed by atoms with E-state index in [1.54, 1.807) is 0 Å². The molecular formula is C30H46O2. The molecule has 1 aromatic rings. The Hall–Kier alpha value is -0.860. The molecule has 4 aliphatic rings. The molecule has 1 aromatic carbocycles. The summed E-state index contributed by atoms with van der Waals surface area (Å²) in [6, 6.07) is 10.7. The van der Waals surface area contributed by atoms with Crippen LogP contribution in [0, 0.1) is 45.8 Å². The number of benzene rings is 1. The van der Waals surface area contributed by atoms with Crippen molar-refractivity contribution in [3.05, 3.63) is 35.9 Å². The molecule has 5 rings (SSSR count). The molecule has 4 fully saturated rings. The summed E-state index contributed by atoms with van der Waals surface area (Å²) in [5.41, 5.74) is 2.17. The van der Waals surface area contributed by atoms with Crippen LogP contribution in [0.25, 0.3) is 0 Å². The van der Waals surface area contributed by atoms with Gasteiger partial charge in [-0.15, -0.1) is 0 Å². The fourth-order valence-corrected chi connectivity index (χ4v) is 9.90. The average molecular weight is 439 g/mol. The van der Waals surface area contributed by atoms with E-state index in [0.29, 0.717) is 28.6 Å². The van der Waals surface area contributed by atoms with Gasteiger partial charge in [0.05, 0.1) is 12.2 Å². The van der Waals surface area contributed by atoms with E-state index in [1.807, 2.05) is 0 Å². The van der Waals surface area contributed by atoms with Crippen LogP contribution in [0.15, 0.2) is 30.3 Å². The van der Waals surface area contributed by atoms with E-state index in [1.165, 1.54) is 50.5 Å². The van der Waals surface area contributed by atoms with Crippen molar-refractivity contribution in [1.29, 1.82) is 0 Å². The summed E-state index contributed by atoms with van der Waals surface area (Å²) in [6.07, 6.45) is 11.6. The van der Waals surface area contributed by atoms with Crippen LogP contribution in [0.5, 0.6) is 0 Å². The van der Waals surface area contributed by atoms with Crippen molar-refractivity contribution in [2.24, 2.45) is 45.8 Å². The highest BCUT2D eigenvalue weighted by molar-refractivity contribution is 5.16. The fraction of sp³-hybridized carbons (Fsp3) is 0.800. The molecule has 2 heteroatoms. The van der Waals surface area contributed by atoms with E-state index in [9.17, 15) is 10.2 Å². The second kappa shape index (κ2) is 8.12. The average Bonchev–Trinajstić information content (AvgIpc) is 3.13. The summed E-state index contributed by atoms with van der Waals surface area (Å²) < 4.78 is 0. The zero-order valence-electron chi connectivity index (χ0n) is 20.9. The molecule has 0 heterocycles. The van der Waals surface area contributed by atoms with E-state index in [2.05, 4.69) is 58.0 Å². The molecule has 0 aliphatic heterocycles. The van der Waals surface area contributed by atoms with Gasteiger partial charge in [-0.05, 0) is 116 Å². The van der Waals surface area contributed by atoms with E-state index in [4.69, 9.17) is 0 Å². The van der Waals surface area contributed by atoms with Crippen molar-refractivity contribution in [1.82, 2.24) is 0 Å². The van der Waals surface area contributed by atoms with Crippen molar-refractivity contribution in [2.45, 2.75) is 104 Å². The molecule has 0 amide bonds. The third-order valence-corrected chi connectivity index (χ3v) is 11.7. The molecule has 4 saturated carbocycles. The maximum absolute atomic E-state index is 11.3. The number of hydrogen-bond donors (Lipinski definition) is 2. The van der Waals surface area contributed by atoms with Crippen LogP contribution in [-0.4, -0.2) is 22.4 Å². The van der Waals surface area contributed by atoms with Crippen molar-refractivity contribution in [2.75, 3.05) is 0 Å².